The second-order valence-corrected chi connectivity index (χ2v) is 7.42. The SMILES string of the molecule is C=CC/C=C\C(C)=C/CC/C(C1=CC=CCC1C)=C1\C=CCCC1C.CC.CC. The van der Waals surface area contributed by atoms with Crippen LogP contribution in [0.2, 0.25) is 0 Å². The van der Waals surface area contributed by atoms with Crippen LogP contribution in [0.3, 0.4) is 0 Å². The highest BCUT2D eigenvalue weighted by Gasteiger charge is 2.20. The van der Waals surface area contributed by atoms with Crippen molar-refractivity contribution >= 4 is 0 Å². The van der Waals surface area contributed by atoms with Crippen molar-refractivity contribution in [1.82, 2.24) is 0 Å². The molecule has 29 heavy (non-hydrogen) atoms. The van der Waals surface area contributed by atoms with Crippen LogP contribution in [-0.2, 0) is 0 Å². The molecule has 0 nitrogen and oxygen atoms in total. The Morgan fingerprint density at radius 3 is 2.45 bits per heavy atom. The second-order valence-electron chi connectivity index (χ2n) is 7.42. The lowest BCUT2D eigenvalue weighted by Gasteiger charge is -2.27. The summed E-state index contributed by atoms with van der Waals surface area (Å²) in [6, 6.07) is 0. The molecule has 0 fully saturated rings. The molecule has 0 spiro atoms. The van der Waals surface area contributed by atoms with E-state index in [2.05, 4.69) is 76.0 Å². The van der Waals surface area contributed by atoms with E-state index < -0.39 is 0 Å². The van der Waals surface area contributed by atoms with Crippen LogP contribution in [0, 0.1) is 11.8 Å². The average Bonchev–Trinajstić information content (AvgIpc) is 2.76. The minimum atomic E-state index is 0.632. The van der Waals surface area contributed by atoms with Crippen molar-refractivity contribution in [2.75, 3.05) is 0 Å². The van der Waals surface area contributed by atoms with Crippen LogP contribution in [0.5, 0.6) is 0 Å². The first-order chi connectivity index (χ1) is 14.1. The quantitative estimate of drug-likeness (QED) is 0.298. The van der Waals surface area contributed by atoms with Crippen molar-refractivity contribution in [2.24, 2.45) is 11.8 Å². The average molecular weight is 395 g/mol. The topological polar surface area (TPSA) is 0 Å². The van der Waals surface area contributed by atoms with E-state index in [0.717, 1.165) is 19.3 Å². The van der Waals surface area contributed by atoms with Crippen molar-refractivity contribution in [3.05, 3.63) is 83.6 Å². The smallest absolute Gasteiger partial charge is 0.0153 e. The Bertz CT molecular complexity index is 631. The number of rotatable bonds is 7. The first-order valence-electron chi connectivity index (χ1n) is 11.8. The molecule has 0 saturated carbocycles. The molecule has 0 bridgehead atoms. The van der Waals surface area contributed by atoms with Crippen LogP contribution in [-0.4, -0.2) is 0 Å². The minimum Gasteiger partial charge on any atom is -0.103 e. The van der Waals surface area contributed by atoms with E-state index in [1.54, 1.807) is 16.7 Å². The van der Waals surface area contributed by atoms with Gasteiger partial charge in [-0.3, -0.25) is 0 Å². The molecular weight excluding hydrogens is 348 g/mol. The lowest BCUT2D eigenvalue weighted by Crippen LogP contribution is -2.11. The molecule has 0 aromatic carbocycles. The van der Waals surface area contributed by atoms with Gasteiger partial charge in [0.25, 0.3) is 0 Å². The summed E-state index contributed by atoms with van der Waals surface area (Å²) in [6.45, 7) is 18.7. The number of allylic oxidation sites excluding steroid dienone is 13. The first-order valence-corrected chi connectivity index (χ1v) is 11.8. The Morgan fingerprint density at radius 1 is 1.10 bits per heavy atom. The van der Waals surface area contributed by atoms with Gasteiger partial charge in [-0.2, -0.15) is 0 Å². The van der Waals surface area contributed by atoms with Gasteiger partial charge < -0.3 is 0 Å². The summed E-state index contributed by atoms with van der Waals surface area (Å²) in [6.07, 6.45) is 27.2. The highest BCUT2D eigenvalue weighted by atomic mass is 14.3. The summed E-state index contributed by atoms with van der Waals surface area (Å²) >= 11 is 0. The lowest BCUT2D eigenvalue weighted by atomic mass is 9.78. The maximum absolute atomic E-state index is 3.77. The zero-order valence-electron chi connectivity index (χ0n) is 20.3. The Hall–Kier alpha value is -1.82. The minimum absolute atomic E-state index is 0.632. The summed E-state index contributed by atoms with van der Waals surface area (Å²) in [5.74, 6) is 1.31. The summed E-state index contributed by atoms with van der Waals surface area (Å²) < 4.78 is 0. The van der Waals surface area contributed by atoms with E-state index in [1.807, 2.05) is 33.8 Å². The Labute approximate surface area is 182 Å². The zero-order chi connectivity index (χ0) is 22.1. The third-order valence-corrected chi connectivity index (χ3v) is 5.27. The largest absolute Gasteiger partial charge is 0.103 e. The molecule has 0 heteroatoms. The van der Waals surface area contributed by atoms with Gasteiger partial charge in [-0.1, -0.05) is 102 Å². The first kappa shape index (κ1) is 27.2. The van der Waals surface area contributed by atoms with E-state index in [0.29, 0.717) is 11.8 Å². The molecular formula is C29H46. The van der Waals surface area contributed by atoms with Gasteiger partial charge in [0.05, 0.1) is 0 Å². The lowest BCUT2D eigenvalue weighted by molar-refractivity contribution is 0.600. The van der Waals surface area contributed by atoms with E-state index in [1.165, 1.54) is 24.8 Å². The van der Waals surface area contributed by atoms with Gasteiger partial charge in [0.1, 0.15) is 0 Å². The standard InChI is InChI=1S/C25H34.2C2H6/c1-5-6-7-13-20(2)14-12-19-25(23-17-10-8-15-21(23)3)24-18-11-9-16-22(24)4;2*1-2/h5,7-8,10-11,13-14,17-18,21-22H,1,6,9,12,15-16,19H2,2-4H3;2*1-2H3/b13-7-,20-14-,25-24-;;. The van der Waals surface area contributed by atoms with Crippen molar-refractivity contribution in [3.8, 4) is 0 Å². The fourth-order valence-electron chi connectivity index (χ4n) is 3.74. The van der Waals surface area contributed by atoms with Gasteiger partial charge in [0.2, 0.25) is 0 Å². The molecule has 0 aromatic rings. The molecule has 2 atom stereocenters. The van der Waals surface area contributed by atoms with E-state index >= 15 is 0 Å². The maximum Gasteiger partial charge on any atom is -0.0153 e. The molecule has 0 saturated heterocycles. The van der Waals surface area contributed by atoms with Gasteiger partial charge in [-0.25, -0.2) is 0 Å². The van der Waals surface area contributed by atoms with Crippen LogP contribution in [0.25, 0.3) is 0 Å². The van der Waals surface area contributed by atoms with Crippen molar-refractivity contribution in [2.45, 2.75) is 87.0 Å². The Kier molecular flexibility index (Phi) is 16.0. The monoisotopic (exact) mass is 394 g/mol. The normalized spacial score (nSPS) is 22.9. The van der Waals surface area contributed by atoms with Gasteiger partial charge >= 0.3 is 0 Å². The van der Waals surface area contributed by atoms with Crippen LogP contribution in [0.15, 0.2) is 83.6 Å². The van der Waals surface area contributed by atoms with Crippen LogP contribution < -0.4 is 0 Å². The van der Waals surface area contributed by atoms with Gasteiger partial charge in [0.15, 0.2) is 0 Å². The molecule has 0 aliphatic heterocycles. The molecule has 0 heterocycles. The molecule has 0 radical (unpaired) electrons. The molecule has 2 rings (SSSR count). The predicted molar refractivity (Wildman–Crippen MR) is 135 cm³/mol. The second kappa shape index (κ2) is 17.1. The molecule has 0 amide bonds. The highest BCUT2D eigenvalue weighted by Crippen LogP contribution is 2.36. The van der Waals surface area contributed by atoms with Gasteiger partial charge in [-0.05, 0) is 74.0 Å². The Morgan fingerprint density at radius 2 is 1.83 bits per heavy atom. The van der Waals surface area contributed by atoms with Crippen LogP contribution in [0.4, 0.5) is 0 Å². The summed E-state index contributed by atoms with van der Waals surface area (Å²) in [7, 11) is 0. The van der Waals surface area contributed by atoms with Crippen molar-refractivity contribution in [3.63, 3.8) is 0 Å². The van der Waals surface area contributed by atoms with Crippen molar-refractivity contribution < 1.29 is 0 Å². The summed E-state index contributed by atoms with van der Waals surface area (Å²) in [5, 5.41) is 0. The highest BCUT2D eigenvalue weighted by molar-refractivity contribution is 5.46. The molecule has 0 aromatic heterocycles. The maximum atomic E-state index is 3.77. The zero-order valence-corrected chi connectivity index (χ0v) is 20.3. The molecule has 0 N–H and O–H groups in total. The van der Waals surface area contributed by atoms with E-state index in [-0.39, 0.29) is 0 Å². The third-order valence-electron chi connectivity index (χ3n) is 5.27. The third kappa shape index (κ3) is 9.97. The fraction of sp³-hybridized carbons (Fsp3) is 0.517. The van der Waals surface area contributed by atoms with Crippen molar-refractivity contribution in [1.29, 1.82) is 0 Å². The number of hydrogen-bond acceptors (Lipinski definition) is 0. The summed E-state index contributed by atoms with van der Waals surface area (Å²) in [5.41, 5.74) is 6.08. The Balaban J connectivity index is 0.00000184. The van der Waals surface area contributed by atoms with Crippen LogP contribution in [0.1, 0.15) is 87.0 Å². The molecule has 2 aliphatic carbocycles. The fourth-order valence-corrected chi connectivity index (χ4v) is 3.74. The molecule has 162 valence electrons. The molecule has 2 aliphatic rings. The van der Waals surface area contributed by atoms with Gasteiger partial charge in [0, 0.05) is 0 Å². The van der Waals surface area contributed by atoms with Gasteiger partial charge in [-0.15, -0.1) is 6.58 Å². The summed E-state index contributed by atoms with van der Waals surface area (Å²) in [4.78, 5) is 0. The number of hydrogen-bond donors (Lipinski definition) is 0. The predicted octanol–water partition coefficient (Wildman–Crippen LogP) is 9.70. The van der Waals surface area contributed by atoms with E-state index in [9.17, 15) is 0 Å². The van der Waals surface area contributed by atoms with E-state index in [4.69, 9.17) is 0 Å². The molecule has 2 unspecified atom stereocenters. The van der Waals surface area contributed by atoms with Crippen LogP contribution >= 0.6 is 0 Å².